The molecule has 162 valence electrons. The minimum absolute atomic E-state index is 0.114. The quantitative estimate of drug-likeness (QED) is 0.682. The van der Waals surface area contributed by atoms with Gasteiger partial charge in [-0.2, -0.15) is 0 Å². The van der Waals surface area contributed by atoms with Gasteiger partial charge in [-0.3, -0.25) is 4.79 Å². The number of amides is 1. The van der Waals surface area contributed by atoms with Crippen molar-refractivity contribution in [1.82, 2.24) is 25.3 Å². The largest absolute Gasteiger partial charge is 0.356 e. The number of aromatic nitrogens is 2. The van der Waals surface area contributed by atoms with Crippen molar-refractivity contribution in [2.24, 2.45) is 5.92 Å². The van der Waals surface area contributed by atoms with Gasteiger partial charge >= 0.3 is 0 Å². The lowest BCUT2D eigenvalue weighted by atomic mass is 9.96. The highest BCUT2D eigenvalue weighted by Gasteiger charge is 2.25. The van der Waals surface area contributed by atoms with Crippen molar-refractivity contribution in [2.45, 2.75) is 19.3 Å². The zero-order valence-electron chi connectivity index (χ0n) is 17.8. The maximum atomic E-state index is 12.5. The number of piperidine rings is 1. The van der Waals surface area contributed by atoms with Crippen molar-refractivity contribution in [3.63, 3.8) is 0 Å². The third-order valence-electron chi connectivity index (χ3n) is 6.16. The molecule has 1 amide bonds. The van der Waals surface area contributed by atoms with Gasteiger partial charge in [-0.05, 0) is 56.4 Å². The highest BCUT2D eigenvalue weighted by molar-refractivity contribution is 7.13. The van der Waals surface area contributed by atoms with Gasteiger partial charge in [0.2, 0.25) is 5.91 Å². The summed E-state index contributed by atoms with van der Waals surface area (Å²) in [6, 6.07) is 8.16. The van der Waals surface area contributed by atoms with Crippen LogP contribution in [0.5, 0.6) is 0 Å². The molecule has 2 fully saturated rings. The standard InChI is InChI=1S/C22H32N6OS/c1-26-13-15-27(16-14-26)10-3-9-23-22(29)18-7-11-28(12-8-18)21-6-5-19(24-25-21)20-4-2-17-30-20/h2,4-6,17-18H,3,7-16H2,1H3,(H,23,29). The molecule has 0 aliphatic carbocycles. The molecule has 7 nitrogen and oxygen atoms in total. The van der Waals surface area contributed by atoms with Crippen LogP contribution in [-0.2, 0) is 4.79 Å². The molecule has 0 bridgehead atoms. The summed E-state index contributed by atoms with van der Waals surface area (Å²) in [6.07, 6.45) is 2.78. The number of hydrogen-bond donors (Lipinski definition) is 1. The third kappa shape index (κ3) is 5.56. The Bertz CT molecular complexity index is 780. The first kappa shape index (κ1) is 21.2. The van der Waals surface area contributed by atoms with Crippen LogP contribution in [0.3, 0.4) is 0 Å². The second kappa shape index (κ2) is 10.3. The molecule has 2 aromatic heterocycles. The summed E-state index contributed by atoms with van der Waals surface area (Å²) >= 11 is 1.67. The molecule has 30 heavy (non-hydrogen) atoms. The number of hydrogen-bond acceptors (Lipinski definition) is 7. The Hall–Kier alpha value is -2.03. The van der Waals surface area contributed by atoms with E-state index in [2.05, 4.69) is 43.3 Å². The number of carbonyl (C=O) groups excluding carboxylic acids is 1. The van der Waals surface area contributed by atoms with Crippen molar-refractivity contribution in [2.75, 3.05) is 64.3 Å². The Morgan fingerprint density at radius 1 is 1.10 bits per heavy atom. The summed E-state index contributed by atoms with van der Waals surface area (Å²) in [5.74, 6) is 1.23. The topological polar surface area (TPSA) is 64.6 Å². The van der Waals surface area contributed by atoms with Crippen molar-refractivity contribution in [3.8, 4) is 10.6 Å². The second-order valence-electron chi connectivity index (χ2n) is 8.30. The van der Waals surface area contributed by atoms with E-state index in [0.717, 1.165) is 88.0 Å². The van der Waals surface area contributed by atoms with Crippen LogP contribution in [0.4, 0.5) is 5.82 Å². The highest BCUT2D eigenvalue weighted by atomic mass is 32.1. The molecule has 0 spiro atoms. The predicted octanol–water partition coefficient (Wildman–Crippen LogP) is 2.18. The normalized spacial score (nSPS) is 19.2. The van der Waals surface area contributed by atoms with E-state index in [9.17, 15) is 4.79 Å². The first-order valence-electron chi connectivity index (χ1n) is 11.0. The summed E-state index contributed by atoms with van der Waals surface area (Å²) in [4.78, 5) is 20.8. The van der Waals surface area contributed by atoms with E-state index in [1.807, 2.05) is 23.6 Å². The molecule has 0 aromatic carbocycles. The summed E-state index contributed by atoms with van der Waals surface area (Å²) in [5.41, 5.74) is 0.916. The Morgan fingerprint density at radius 2 is 1.90 bits per heavy atom. The maximum Gasteiger partial charge on any atom is 0.223 e. The number of nitrogens with one attached hydrogen (secondary N) is 1. The van der Waals surface area contributed by atoms with Gasteiger partial charge in [0.05, 0.1) is 4.88 Å². The Kier molecular flexibility index (Phi) is 7.30. The molecule has 2 aliphatic rings. The molecule has 4 heterocycles. The van der Waals surface area contributed by atoms with Crippen molar-refractivity contribution >= 4 is 23.1 Å². The van der Waals surface area contributed by atoms with Crippen LogP contribution in [0.15, 0.2) is 29.6 Å². The molecular formula is C22H32N6OS. The lowest BCUT2D eigenvalue weighted by molar-refractivity contribution is -0.125. The van der Waals surface area contributed by atoms with E-state index >= 15 is 0 Å². The molecule has 0 saturated carbocycles. The van der Waals surface area contributed by atoms with Gasteiger partial charge in [-0.15, -0.1) is 21.5 Å². The molecule has 0 unspecified atom stereocenters. The average molecular weight is 429 g/mol. The van der Waals surface area contributed by atoms with Crippen molar-refractivity contribution in [1.29, 1.82) is 0 Å². The lowest BCUT2D eigenvalue weighted by Gasteiger charge is -2.33. The van der Waals surface area contributed by atoms with Gasteiger partial charge in [-0.25, -0.2) is 0 Å². The van der Waals surface area contributed by atoms with E-state index < -0.39 is 0 Å². The number of rotatable bonds is 7. The van der Waals surface area contributed by atoms with Gasteiger partial charge in [0.15, 0.2) is 5.82 Å². The fraction of sp³-hybridized carbons (Fsp3) is 0.591. The van der Waals surface area contributed by atoms with E-state index in [0.29, 0.717) is 0 Å². The summed E-state index contributed by atoms with van der Waals surface area (Å²) in [6.45, 7) is 8.13. The van der Waals surface area contributed by atoms with Crippen LogP contribution < -0.4 is 10.2 Å². The molecule has 2 saturated heterocycles. The SMILES string of the molecule is CN1CCN(CCCNC(=O)C2CCN(c3ccc(-c4cccs4)nn3)CC2)CC1. The molecule has 0 atom stereocenters. The van der Waals surface area contributed by atoms with Crippen LogP contribution >= 0.6 is 11.3 Å². The summed E-state index contributed by atoms with van der Waals surface area (Å²) in [7, 11) is 2.18. The number of piperazine rings is 1. The average Bonchev–Trinajstić information content (AvgIpc) is 3.33. The fourth-order valence-corrected chi connectivity index (χ4v) is 4.84. The molecule has 0 radical (unpaired) electrons. The van der Waals surface area contributed by atoms with Gasteiger partial charge < -0.3 is 20.0 Å². The molecule has 4 rings (SSSR count). The van der Waals surface area contributed by atoms with Gasteiger partial charge in [-0.1, -0.05) is 6.07 Å². The minimum atomic E-state index is 0.114. The van der Waals surface area contributed by atoms with E-state index in [-0.39, 0.29) is 11.8 Å². The molecule has 2 aliphatic heterocycles. The van der Waals surface area contributed by atoms with Crippen LogP contribution in [0.2, 0.25) is 0 Å². The van der Waals surface area contributed by atoms with Crippen LogP contribution in [0.1, 0.15) is 19.3 Å². The molecular weight excluding hydrogens is 396 g/mol. The number of likely N-dealkylation sites (N-methyl/N-ethyl adjacent to an activating group) is 1. The number of anilines is 1. The van der Waals surface area contributed by atoms with E-state index in [4.69, 9.17) is 0 Å². The monoisotopic (exact) mass is 428 g/mol. The van der Waals surface area contributed by atoms with E-state index in [1.165, 1.54) is 0 Å². The van der Waals surface area contributed by atoms with Crippen molar-refractivity contribution in [3.05, 3.63) is 29.6 Å². The Balaban J connectivity index is 1.15. The zero-order valence-corrected chi connectivity index (χ0v) is 18.6. The minimum Gasteiger partial charge on any atom is -0.356 e. The van der Waals surface area contributed by atoms with Crippen LogP contribution in [-0.4, -0.2) is 85.3 Å². The Morgan fingerprint density at radius 3 is 2.57 bits per heavy atom. The second-order valence-corrected chi connectivity index (χ2v) is 9.25. The van der Waals surface area contributed by atoms with Gasteiger partial charge in [0, 0.05) is 51.7 Å². The maximum absolute atomic E-state index is 12.5. The number of nitrogens with zero attached hydrogens (tertiary/aromatic N) is 5. The van der Waals surface area contributed by atoms with Crippen molar-refractivity contribution < 1.29 is 4.79 Å². The number of thiophene rings is 1. The third-order valence-corrected chi connectivity index (χ3v) is 7.05. The predicted molar refractivity (Wildman–Crippen MR) is 122 cm³/mol. The summed E-state index contributed by atoms with van der Waals surface area (Å²) in [5, 5.41) is 14.0. The van der Waals surface area contributed by atoms with Gasteiger partial charge in [0.25, 0.3) is 0 Å². The molecule has 2 aromatic rings. The summed E-state index contributed by atoms with van der Waals surface area (Å²) < 4.78 is 0. The Labute approximate surface area is 183 Å². The fourth-order valence-electron chi connectivity index (χ4n) is 4.15. The number of carbonyl (C=O) groups is 1. The highest BCUT2D eigenvalue weighted by Crippen LogP contribution is 2.25. The molecule has 1 N–H and O–H groups in total. The van der Waals surface area contributed by atoms with Crippen LogP contribution in [0.25, 0.3) is 10.6 Å². The zero-order chi connectivity index (χ0) is 20.8. The smallest absolute Gasteiger partial charge is 0.223 e. The first-order valence-corrected chi connectivity index (χ1v) is 11.9. The molecule has 8 heteroatoms. The van der Waals surface area contributed by atoms with Gasteiger partial charge in [0.1, 0.15) is 5.69 Å². The van der Waals surface area contributed by atoms with E-state index in [1.54, 1.807) is 11.3 Å². The van der Waals surface area contributed by atoms with Crippen LogP contribution in [0, 0.1) is 5.92 Å². The first-order chi connectivity index (χ1) is 14.7. The lowest BCUT2D eigenvalue weighted by Crippen LogP contribution is -2.45.